The van der Waals surface area contributed by atoms with Crippen LogP contribution in [0.25, 0.3) is 6.08 Å². The number of carboxylic acid groups (broad SMARTS) is 1. The van der Waals surface area contributed by atoms with E-state index in [1.165, 1.54) is 18.2 Å². The van der Waals surface area contributed by atoms with Crippen molar-refractivity contribution in [3.63, 3.8) is 0 Å². The number of carbonyl (C=O) groups excluding carboxylic acids is 1. The molecular formula is C18H19NO4S2. The third-order valence-corrected chi connectivity index (χ3v) is 5.63. The molecule has 1 saturated heterocycles. The molecule has 1 amide bonds. The molecule has 0 unspecified atom stereocenters. The molecule has 1 aromatic rings. The number of ether oxygens (including phenoxy) is 1. The lowest BCUT2D eigenvalue weighted by Crippen LogP contribution is -2.39. The molecular weight excluding hydrogens is 358 g/mol. The third-order valence-electron chi connectivity index (χ3n) is 4.30. The molecule has 0 bridgehead atoms. The molecule has 0 radical (unpaired) electrons. The molecule has 1 N–H and O–H groups in total. The highest BCUT2D eigenvalue weighted by atomic mass is 32.2. The number of benzene rings is 1. The van der Waals surface area contributed by atoms with Crippen LogP contribution in [0.2, 0.25) is 0 Å². The van der Waals surface area contributed by atoms with Crippen LogP contribution < -0.4 is 4.74 Å². The summed E-state index contributed by atoms with van der Waals surface area (Å²) >= 11 is 6.77. The molecule has 0 spiro atoms. The fourth-order valence-electron chi connectivity index (χ4n) is 3.09. The summed E-state index contributed by atoms with van der Waals surface area (Å²) in [7, 11) is 0. The zero-order valence-electron chi connectivity index (χ0n) is 13.6. The molecule has 1 aromatic carbocycles. The Morgan fingerprint density at radius 1 is 1.28 bits per heavy atom. The van der Waals surface area contributed by atoms with Gasteiger partial charge in [-0.1, -0.05) is 55.4 Å². The van der Waals surface area contributed by atoms with Crippen LogP contribution in [-0.2, 0) is 9.59 Å². The number of nitrogens with zero attached hydrogens (tertiary/aromatic N) is 1. The molecule has 25 heavy (non-hydrogen) atoms. The number of thioether (sulfide) groups is 1. The summed E-state index contributed by atoms with van der Waals surface area (Å²) in [5, 5.41) is 8.61. The minimum absolute atomic E-state index is 0.00639. The SMILES string of the molecule is O=C(O)COc1ccc(/C=C2/SC(=S)N(C3CCCCC3)C2=O)cc1. The lowest BCUT2D eigenvalue weighted by Gasteiger charge is -2.29. The fraction of sp³-hybridized carbons (Fsp3) is 0.389. The molecule has 5 nitrogen and oxygen atoms in total. The van der Waals surface area contributed by atoms with E-state index in [1.54, 1.807) is 29.2 Å². The van der Waals surface area contributed by atoms with Crippen LogP contribution in [0.15, 0.2) is 29.2 Å². The van der Waals surface area contributed by atoms with E-state index in [0.717, 1.165) is 31.2 Å². The maximum atomic E-state index is 12.7. The van der Waals surface area contributed by atoms with Crippen LogP contribution in [-0.4, -0.2) is 38.9 Å². The molecule has 0 atom stereocenters. The molecule has 1 heterocycles. The summed E-state index contributed by atoms with van der Waals surface area (Å²) < 4.78 is 5.75. The lowest BCUT2D eigenvalue weighted by atomic mass is 9.94. The van der Waals surface area contributed by atoms with E-state index in [4.69, 9.17) is 22.1 Å². The number of hydrogen-bond acceptors (Lipinski definition) is 5. The van der Waals surface area contributed by atoms with Gasteiger partial charge in [0.1, 0.15) is 10.1 Å². The van der Waals surface area contributed by atoms with Crippen molar-refractivity contribution >= 4 is 46.3 Å². The molecule has 2 fully saturated rings. The van der Waals surface area contributed by atoms with Crippen molar-refractivity contribution in [3.05, 3.63) is 34.7 Å². The van der Waals surface area contributed by atoms with Crippen molar-refractivity contribution in [1.82, 2.24) is 4.90 Å². The van der Waals surface area contributed by atoms with E-state index in [2.05, 4.69) is 0 Å². The predicted molar refractivity (Wildman–Crippen MR) is 101 cm³/mol. The van der Waals surface area contributed by atoms with E-state index in [-0.39, 0.29) is 18.6 Å². The van der Waals surface area contributed by atoms with Crippen molar-refractivity contribution in [3.8, 4) is 5.75 Å². The number of rotatable bonds is 5. The minimum atomic E-state index is -1.02. The van der Waals surface area contributed by atoms with E-state index < -0.39 is 5.97 Å². The maximum absolute atomic E-state index is 12.7. The molecule has 1 aliphatic heterocycles. The minimum Gasteiger partial charge on any atom is -0.482 e. The standard InChI is InChI=1S/C18H19NO4S2/c20-16(21)11-23-14-8-6-12(7-9-14)10-15-17(22)19(18(24)25-15)13-4-2-1-3-5-13/h6-10,13H,1-5,11H2,(H,20,21)/b15-10+. The van der Waals surface area contributed by atoms with Gasteiger partial charge in [0.05, 0.1) is 4.91 Å². The predicted octanol–water partition coefficient (Wildman–Crippen LogP) is 3.68. The topological polar surface area (TPSA) is 66.8 Å². The number of carbonyl (C=O) groups is 2. The highest BCUT2D eigenvalue weighted by Crippen LogP contribution is 2.37. The summed E-state index contributed by atoms with van der Waals surface area (Å²) in [6, 6.07) is 7.21. The Bertz CT molecular complexity index is 708. The summed E-state index contributed by atoms with van der Waals surface area (Å²) in [6.45, 7) is -0.376. The molecule has 3 rings (SSSR count). The average molecular weight is 377 g/mol. The Morgan fingerprint density at radius 3 is 2.60 bits per heavy atom. The van der Waals surface area contributed by atoms with Gasteiger partial charge in [0.2, 0.25) is 0 Å². The van der Waals surface area contributed by atoms with Gasteiger partial charge in [-0.3, -0.25) is 9.69 Å². The monoisotopic (exact) mass is 377 g/mol. The summed E-state index contributed by atoms with van der Waals surface area (Å²) in [5.74, 6) is -0.544. The summed E-state index contributed by atoms with van der Waals surface area (Å²) in [6.07, 6.45) is 7.41. The van der Waals surface area contributed by atoms with Crippen LogP contribution in [0.1, 0.15) is 37.7 Å². The molecule has 132 valence electrons. The van der Waals surface area contributed by atoms with Crippen LogP contribution in [0.3, 0.4) is 0 Å². The van der Waals surface area contributed by atoms with E-state index in [9.17, 15) is 9.59 Å². The third kappa shape index (κ3) is 4.41. The second-order valence-corrected chi connectivity index (χ2v) is 7.77. The quantitative estimate of drug-likeness (QED) is 0.624. The summed E-state index contributed by atoms with van der Waals surface area (Å²) in [4.78, 5) is 25.7. The van der Waals surface area contributed by atoms with Gasteiger partial charge in [-0.2, -0.15) is 0 Å². The lowest BCUT2D eigenvalue weighted by molar-refractivity contribution is -0.139. The van der Waals surface area contributed by atoms with Crippen molar-refractivity contribution in [1.29, 1.82) is 0 Å². The zero-order valence-corrected chi connectivity index (χ0v) is 15.3. The van der Waals surface area contributed by atoms with Gasteiger partial charge in [-0.15, -0.1) is 0 Å². The first kappa shape index (κ1) is 17.9. The Kier molecular flexibility index (Phi) is 5.75. The number of thiocarbonyl (C=S) groups is 1. The molecule has 1 aliphatic carbocycles. The van der Waals surface area contributed by atoms with Gasteiger partial charge in [-0.25, -0.2) is 4.79 Å². The van der Waals surface area contributed by atoms with Crippen molar-refractivity contribution in [2.75, 3.05) is 6.61 Å². The second kappa shape index (κ2) is 8.01. The largest absolute Gasteiger partial charge is 0.482 e. The molecule has 1 saturated carbocycles. The smallest absolute Gasteiger partial charge is 0.341 e. The highest BCUT2D eigenvalue weighted by molar-refractivity contribution is 8.26. The van der Waals surface area contributed by atoms with Crippen molar-refractivity contribution in [2.24, 2.45) is 0 Å². The molecule has 7 heteroatoms. The Labute approximate surface area is 156 Å². The first-order valence-corrected chi connectivity index (χ1v) is 9.49. The Hall–Kier alpha value is -1.86. The number of aliphatic carboxylic acids is 1. The van der Waals surface area contributed by atoms with Crippen LogP contribution in [0, 0.1) is 0 Å². The van der Waals surface area contributed by atoms with Crippen molar-refractivity contribution in [2.45, 2.75) is 38.1 Å². The fourth-order valence-corrected chi connectivity index (χ4v) is 4.49. The van der Waals surface area contributed by atoms with E-state index in [0.29, 0.717) is 15.0 Å². The molecule has 0 aromatic heterocycles. The first-order valence-electron chi connectivity index (χ1n) is 8.26. The molecule has 2 aliphatic rings. The van der Waals surface area contributed by atoms with Crippen LogP contribution in [0.4, 0.5) is 0 Å². The van der Waals surface area contributed by atoms with Gasteiger partial charge in [0.15, 0.2) is 6.61 Å². The normalized spacial score (nSPS) is 20.3. The zero-order chi connectivity index (χ0) is 17.8. The maximum Gasteiger partial charge on any atom is 0.341 e. The number of amides is 1. The second-order valence-electron chi connectivity index (χ2n) is 6.09. The van der Waals surface area contributed by atoms with Gasteiger partial charge < -0.3 is 9.84 Å². The average Bonchev–Trinajstić information content (AvgIpc) is 2.88. The van der Waals surface area contributed by atoms with Crippen LogP contribution in [0.5, 0.6) is 5.75 Å². The first-order chi connectivity index (χ1) is 12.0. The van der Waals surface area contributed by atoms with Gasteiger partial charge >= 0.3 is 5.97 Å². The van der Waals surface area contributed by atoms with Gasteiger partial charge in [0, 0.05) is 6.04 Å². The van der Waals surface area contributed by atoms with Gasteiger partial charge in [-0.05, 0) is 36.6 Å². The van der Waals surface area contributed by atoms with Crippen molar-refractivity contribution < 1.29 is 19.4 Å². The van der Waals surface area contributed by atoms with E-state index >= 15 is 0 Å². The highest BCUT2D eigenvalue weighted by Gasteiger charge is 2.37. The Morgan fingerprint density at radius 2 is 1.96 bits per heavy atom. The van der Waals surface area contributed by atoms with E-state index in [1.807, 2.05) is 6.08 Å². The van der Waals surface area contributed by atoms with Gasteiger partial charge in [0.25, 0.3) is 5.91 Å². The van der Waals surface area contributed by atoms with Crippen LogP contribution >= 0.6 is 24.0 Å². The Balaban J connectivity index is 1.69. The number of hydrogen-bond donors (Lipinski definition) is 1. The number of carboxylic acids is 1. The summed E-state index contributed by atoms with van der Waals surface area (Å²) in [5.41, 5.74) is 0.854.